The van der Waals surface area contributed by atoms with Gasteiger partial charge in [0.1, 0.15) is 5.75 Å². The zero-order valence-electron chi connectivity index (χ0n) is 25.4. The van der Waals surface area contributed by atoms with Crippen LogP contribution in [0.5, 0.6) is 17.2 Å². The fraction of sp³-hybridized carbons (Fsp3) is 0.333. The van der Waals surface area contributed by atoms with Crippen LogP contribution in [0, 0.1) is 6.92 Å². The Morgan fingerprint density at radius 2 is 1.74 bits per heavy atom. The smallest absolute Gasteiger partial charge is 0.346 e. The summed E-state index contributed by atoms with van der Waals surface area (Å²) in [5.74, 6) is 1.34. The third kappa shape index (κ3) is 6.83. The van der Waals surface area contributed by atoms with Crippen molar-refractivity contribution in [3.63, 3.8) is 0 Å². The van der Waals surface area contributed by atoms with E-state index >= 15 is 0 Å². The Morgan fingerprint density at radius 1 is 1.05 bits per heavy atom. The Morgan fingerprint density at radius 3 is 2.42 bits per heavy atom. The number of rotatable bonds is 11. The van der Waals surface area contributed by atoms with Crippen molar-refractivity contribution in [2.24, 2.45) is 5.10 Å². The Bertz CT molecular complexity index is 1730. The van der Waals surface area contributed by atoms with Gasteiger partial charge in [0.05, 0.1) is 42.5 Å². The fourth-order valence-electron chi connectivity index (χ4n) is 4.63. The van der Waals surface area contributed by atoms with Gasteiger partial charge in [0.2, 0.25) is 0 Å². The summed E-state index contributed by atoms with van der Waals surface area (Å²) in [5, 5.41) is 5.25. The average Bonchev–Trinajstić information content (AvgIpc) is 2.98. The number of ether oxygens (including phenoxy) is 4. The normalized spacial score (nSPS) is 12.1. The number of aryl methyl sites for hydroxylation is 1. The molecule has 43 heavy (non-hydrogen) atoms. The minimum Gasteiger partial charge on any atom is -0.494 e. The van der Waals surface area contributed by atoms with Crippen LogP contribution in [0.4, 0.5) is 0 Å². The van der Waals surface area contributed by atoms with Crippen molar-refractivity contribution < 1.29 is 23.7 Å². The van der Waals surface area contributed by atoms with Crippen molar-refractivity contribution in [2.75, 3.05) is 20.3 Å². The molecule has 0 radical (unpaired) electrons. The first-order chi connectivity index (χ1) is 20.6. The van der Waals surface area contributed by atoms with Crippen LogP contribution in [0.1, 0.15) is 57.2 Å². The van der Waals surface area contributed by atoms with Gasteiger partial charge in [-0.2, -0.15) is 9.78 Å². The number of aromatic nitrogens is 2. The van der Waals surface area contributed by atoms with E-state index in [-0.39, 0.29) is 22.2 Å². The Kier molecular flexibility index (Phi) is 10.1. The molecule has 4 rings (SSSR count). The van der Waals surface area contributed by atoms with E-state index in [0.717, 1.165) is 22.4 Å². The molecule has 10 heteroatoms. The number of hydrogen-bond donors (Lipinski definition) is 0. The second-order valence-corrected chi connectivity index (χ2v) is 10.6. The van der Waals surface area contributed by atoms with Gasteiger partial charge >= 0.3 is 5.97 Å². The van der Waals surface area contributed by atoms with E-state index in [1.807, 2.05) is 45.0 Å². The van der Waals surface area contributed by atoms with E-state index in [2.05, 4.69) is 18.9 Å². The number of benzene rings is 3. The quantitative estimate of drug-likeness (QED) is 0.137. The Labute approximate surface area is 256 Å². The molecule has 0 aliphatic heterocycles. The molecule has 0 aliphatic rings. The number of para-hydroxylation sites is 1. The third-order valence-electron chi connectivity index (χ3n) is 6.76. The van der Waals surface area contributed by atoms with Crippen molar-refractivity contribution in [1.82, 2.24) is 9.66 Å². The lowest BCUT2D eigenvalue weighted by molar-refractivity contribution is -0.147. The average molecular weight is 606 g/mol. The van der Waals surface area contributed by atoms with E-state index in [4.69, 9.17) is 35.5 Å². The lowest BCUT2D eigenvalue weighted by Crippen LogP contribution is -2.25. The van der Waals surface area contributed by atoms with Crippen molar-refractivity contribution in [3.8, 4) is 28.6 Å². The first-order valence-electron chi connectivity index (χ1n) is 14.1. The molecule has 0 amide bonds. The first kappa shape index (κ1) is 31.6. The molecule has 0 unspecified atom stereocenters. The van der Waals surface area contributed by atoms with Gasteiger partial charge in [-0.25, -0.2) is 9.78 Å². The summed E-state index contributed by atoms with van der Waals surface area (Å²) in [7, 11) is 1.28. The third-order valence-corrected chi connectivity index (χ3v) is 7.04. The first-order valence-corrected chi connectivity index (χ1v) is 14.5. The van der Waals surface area contributed by atoms with E-state index in [0.29, 0.717) is 41.3 Å². The highest BCUT2D eigenvalue weighted by atomic mass is 35.5. The van der Waals surface area contributed by atoms with Crippen LogP contribution >= 0.6 is 11.6 Å². The van der Waals surface area contributed by atoms with Crippen molar-refractivity contribution in [2.45, 2.75) is 53.6 Å². The topological polar surface area (TPSA) is 101 Å². The molecule has 9 nitrogen and oxygen atoms in total. The van der Waals surface area contributed by atoms with Gasteiger partial charge in [-0.1, -0.05) is 37.6 Å². The zero-order chi connectivity index (χ0) is 31.3. The minimum absolute atomic E-state index is 0.173. The molecule has 3 aromatic carbocycles. The fourth-order valence-corrected chi connectivity index (χ4v) is 4.89. The number of hydrogen-bond acceptors (Lipinski definition) is 8. The number of esters is 1. The summed E-state index contributed by atoms with van der Waals surface area (Å²) in [6.07, 6.45) is 0.607. The van der Waals surface area contributed by atoms with Crippen LogP contribution in [0.25, 0.3) is 22.3 Å². The summed E-state index contributed by atoms with van der Waals surface area (Å²) in [6.45, 7) is 12.3. The maximum absolute atomic E-state index is 13.8. The number of carbonyl (C=O) groups is 1. The molecule has 0 aliphatic carbocycles. The van der Waals surface area contributed by atoms with Gasteiger partial charge in [0, 0.05) is 5.56 Å². The number of halogens is 1. The lowest BCUT2D eigenvalue weighted by Gasteiger charge is -2.18. The predicted octanol–water partition coefficient (Wildman–Crippen LogP) is 6.77. The Hall–Kier alpha value is -4.37. The SMILES string of the molecule is CCOc1cc(C)c(-c2nc3ccccc3c(=O)n2N=Cc2cc(Cl)c(O[C@H](C)C(=O)OC)c(OCC)c2)cc1C(C)C. The molecule has 0 N–H and O–H groups in total. The Balaban J connectivity index is 1.88. The van der Waals surface area contributed by atoms with Crippen LogP contribution in [-0.4, -0.2) is 48.3 Å². The maximum Gasteiger partial charge on any atom is 0.346 e. The number of methoxy groups -OCH3 is 1. The van der Waals surface area contributed by atoms with Gasteiger partial charge < -0.3 is 18.9 Å². The highest BCUT2D eigenvalue weighted by Gasteiger charge is 2.21. The molecule has 0 fully saturated rings. The summed E-state index contributed by atoms with van der Waals surface area (Å²) >= 11 is 6.58. The molecular formula is C33H36ClN3O6. The van der Waals surface area contributed by atoms with Crippen LogP contribution in [-0.2, 0) is 9.53 Å². The summed E-state index contributed by atoms with van der Waals surface area (Å²) in [4.78, 5) is 30.6. The van der Waals surface area contributed by atoms with Crippen LogP contribution in [0.2, 0.25) is 5.02 Å². The molecule has 0 saturated heterocycles. The van der Waals surface area contributed by atoms with Crippen molar-refractivity contribution >= 4 is 34.7 Å². The molecule has 0 saturated carbocycles. The van der Waals surface area contributed by atoms with Crippen LogP contribution < -0.4 is 19.8 Å². The van der Waals surface area contributed by atoms with E-state index in [1.165, 1.54) is 18.0 Å². The molecular weight excluding hydrogens is 570 g/mol. The second kappa shape index (κ2) is 13.7. The van der Waals surface area contributed by atoms with E-state index in [1.54, 1.807) is 31.2 Å². The predicted molar refractivity (Wildman–Crippen MR) is 169 cm³/mol. The largest absolute Gasteiger partial charge is 0.494 e. The van der Waals surface area contributed by atoms with Gasteiger partial charge in [-0.05, 0) is 86.7 Å². The van der Waals surface area contributed by atoms with E-state index in [9.17, 15) is 9.59 Å². The molecule has 1 atom stereocenters. The second-order valence-electron chi connectivity index (χ2n) is 10.2. The van der Waals surface area contributed by atoms with Crippen LogP contribution in [0.3, 0.4) is 0 Å². The molecule has 1 aromatic heterocycles. The molecule has 1 heterocycles. The highest BCUT2D eigenvalue weighted by molar-refractivity contribution is 6.32. The van der Waals surface area contributed by atoms with Gasteiger partial charge in [0.15, 0.2) is 23.4 Å². The number of carbonyl (C=O) groups excluding carboxylic acids is 1. The number of nitrogens with zero attached hydrogens (tertiary/aromatic N) is 3. The monoisotopic (exact) mass is 605 g/mol. The summed E-state index contributed by atoms with van der Waals surface area (Å²) in [5.41, 5.74) is 3.45. The van der Waals surface area contributed by atoms with Crippen molar-refractivity contribution in [1.29, 1.82) is 0 Å². The van der Waals surface area contributed by atoms with Gasteiger partial charge in [0.25, 0.3) is 5.56 Å². The lowest BCUT2D eigenvalue weighted by atomic mass is 9.96. The van der Waals surface area contributed by atoms with Gasteiger partial charge in [-0.15, -0.1) is 0 Å². The molecule has 226 valence electrons. The van der Waals surface area contributed by atoms with Crippen molar-refractivity contribution in [3.05, 3.63) is 80.6 Å². The summed E-state index contributed by atoms with van der Waals surface area (Å²) < 4.78 is 23.5. The zero-order valence-corrected chi connectivity index (χ0v) is 26.2. The number of fused-ring (bicyclic) bond motifs is 1. The molecule has 0 spiro atoms. The molecule has 4 aromatic rings. The molecule has 0 bridgehead atoms. The maximum atomic E-state index is 13.8. The van der Waals surface area contributed by atoms with E-state index < -0.39 is 12.1 Å². The minimum atomic E-state index is -0.904. The van der Waals surface area contributed by atoms with Gasteiger partial charge in [-0.3, -0.25) is 4.79 Å². The standard InChI is InChI=1S/C33H36ClN3O6/c1-8-41-28-14-20(5)25(17-24(28)19(3)4)31-36-27-13-11-10-12-23(27)32(38)37(31)35-18-22-15-26(34)30(29(16-22)42-9-2)43-21(6)33(39)40-7/h10-19,21H,8-9H2,1-7H3/t21-/m1/s1. The van der Waals surface area contributed by atoms with Crippen LogP contribution in [0.15, 0.2) is 58.4 Å². The highest BCUT2D eigenvalue weighted by Crippen LogP contribution is 2.38. The summed E-state index contributed by atoms with van der Waals surface area (Å²) in [6, 6.07) is 14.5.